The molecule has 1 aromatic heterocycles. The smallest absolute Gasteiger partial charge is 0.244 e. The molecular weight excluding hydrogens is 394 g/mol. The van der Waals surface area contributed by atoms with Crippen molar-refractivity contribution in [3.05, 3.63) is 51.2 Å². The van der Waals surface area contributed by atoms with Gasteiger partial charge in [-0.05, 0) is 62.4 Å². The minimum Gasteiger partial charge on any atom is -0.333 e. The van der Waals surface area contributed by atoms with Crippen LogP contribution in [0.1, 0.15) is 36.2 Å². The van der Waals surface area contributed by atoms with Crippen LogP contribution < -0.4 is 5.32 Å². The van der Waals surface area contributed by atoms with Gasteiger partial charge in [0.25, 0.3) is 0 Å². The second-order valence-corrected chi connectivity index (χ2v) is 8.47. The van der Waals surface area contributed by atoms with Gasteiger partial charge in [-0.15, -0.1) is 11.3 Å². The Hall–Kier alpha value is -1.89. The fourth-order valence-electron chi connectivity index (χ4n) is 3.56. The number of carbonyl (C=O) groups is 2. The van der Waals surface area contributed by atoms with E-state index in [0.717, 1.165) is 24.9 Å². The molecule has 28 heavy (non-hydrogen) atoms. The lowest BCUT2D eigenvalue weighted by atomic mass is 10.2. The monoisotopic (exact) mass is 419 g/mol. The van der Waals surface area contributed by atoms with Crippen molar-refractivity contribution in [2.45, 2.75) is 32.7 Å². The summed E-state index contributed by atoms with van der Waals surface area (Å²) in [6.07, 6.45) is 2.17. The first-order valence-corrected chi connectivity index (χ1v) is 10.8. The number of amides is 2. The first kappa shape index (κ1) is 20.8. The molecule has 1 fully saturated rings. The fourth-order valence-corrected chi connectivity index (χ4v) is 4.63. The minimum atomic E-state index is -0.211. The molecule has 3 rings (SSSR count). The Balaban J connectivity index is 1.58. The maximum atomic E-state index is 12.8. The number of benzene rings is 1. The second-order valence-electron chi connectivity index (χ2n) is 7.06. The number of hydrogen-bond donors (Lipinski definition) is 1. The molecule has 0 spiro atoms. The van der Waals surface area contributed by atoms with Crippen LogP contribution in [0, 0.1) is 6.92 Å². The summed E-state index contributed by atoms with van der Waals surface area (Å²) >= 11 is 7.75. The van der Waals surface area contributed by atoms with Crippen molar-refractivity contribution in [2.75, 3.05) is 31.5 Å². The second kappa shape index (κ2) is 9.54. The van der Waals surface area contributed by atoms with Gasteiger partial charge in [-0.2, -0.15) is 0 Å². The van der Waals surface area contributed by atoms with E-state index in [0.29, 0.717) is 29.8 Å². The molecule has 1 N–H and O–H groups in total. The summed E-state index contributed by atoms with van der Waals surface area (Å²) in [5.74, 6) is -0.222. The lowest BCUT2D eigenvalue weighted by Gasteiger charge is -2.27. The van der Waals surface area contributed by atoms with Crippen LogP contribution in [0.5, 0.6) is 0 Å². The molecular formula is C21H26ClN3O2S. The number of thiophene rings is 1. The molecule has 2 amide bonds. The number of nitrogens with zero attached hydrogens (tertiary/aromatic N) is 2. The number of aryl methyl sites for hydroxylation is 1. The molecule has 2 aromatic rings. The summed E-state index contributed by atoms with van der Waals surface area (Å²) in [7, 11) is 0. The molecule has 1 aliphatic rings. The van der Waals surface area contributed by atoms with E-state index in [1.165, 1.54) is 4.88 Å². The number of likely N-dealkylation sites (tertiary alicyclic amines) is 1. The lowest BCUT2D eigenvalue weighted by Crippen LogP contribution is -2.43. The highest BCUT2D eigenvalue weighted by atomic mass is 35.5. The van der Waals surface area contributed by atoms with Crippen LogP contribution >= 0.6 is 22.9 Å². The van der Waals surface area contributed by atoms with E-state index in [2.05, 4.69) is 27.7 Å². The quantitative estimate of drug-likeness (QED) is 0.726. The highest BCUT2D eigenvalue weighted by Gasteiger charge is 2.29. The van der Waals surface area contributed by atoms with Gasteiger partial charge >= 0.3 is 0 Å². The summed E-state index contributed by atoms with van der Waals surface area (Å²) in [6.45, 7) is 5.61. The fraction of sp³-hybridized carbons (Fsp3) is 0.429. The average molecular weight is 420 g/mol. The Bertz CT molecular complexity index is 825. The van der Waals surface area contributed by atoms with E-state index in [4.69, 9.17) is 11.6 Å². The Morgan fingerprint density at radius 2 is 2.18 bits per heavy atom. The van der Waals surface area contributed by atoms with E-state index in [9.17, 15) is 9.59 Å². The van der Waals surface area contributed by atoms with E-state index >= 15 is 0 Å². The van der Waals surface area contributed by atoms with Gasteiger partial charge in [0.2, 0.25) is 11.8 Å². The SMILES string of the molecule is CCN(CC(=O)Nc1cc(Cl)ccc1C)C(=O)CN1CCC[C@@H]1c1cccs1. The van der Waals surface area contributed by atoms with Gasteiger partial charge in [0.05, 0.1) is 13.1 Å². The molecule has 1 atom stereocenters. The molecule has 0 radical (unpaired) electrons. The summed E-state index contributed by atoms with van der Waals surface area (Å²) in [4.78, 5) is 30.5. The van der Waals surface area contributed by atoms with Gasteiger partial charge in [-0.25, -0.2) is 0 Å². The van der Waals surface area contributed by atoms with Crippen LogP contribution in [0.4, 0.5) is 5.69 Å². The van der Waals surface area contributed by atoms with Crippen molar-refractivity contribution in [3.8, 4) is 0 Å². The molecule has 150 valence electrons. The number of hydrogen-bond acceptors (Lipinski definition) is 4. The van der Waals surface area contributed by atoms with Gasteiger partial charge in [-0.1, -0.05) is 23.7 Å². The first-order valence-electron chi connectivity index (χ1n) is 9.59. The van der Waals surface area contributed by atoms with E-state index < -0.39 is 0 Å². The number of anilines is 1. The van der Waals surface area contributed by atoms with Crippen molar-refractivity contribution in [2.24, 2.45) is 0 Å². The molecule has 0 bridgehead atoms. The zero-order chi connectivity index (χ0) is 20.1. The zero-order valence-electron chi connectivity index (χ0n) is 16.3. The molecule has 5 nitrogen and oxygen atoms in total. The molecule has 1 aromatic carbocycles. The third kappa shape index (κ3) is 5.13. The van der Waals surface area contributed by atoms with Crippen LogP contribution in [0.25, 0.3) is 0 Å². The van der Waals surface area contributed by atoms with Crippen molar-refractivity contribution in [1.29, 1.82) is 0 Å². The first-order chi connectivity index (χ1) is 13.5. The predicted octanol–water partition coefficient (Wildman–Crippen LogP) is 4.33. The van der Waals surface area contributed by atoms with Crippen LogP contribution in [0.3, 0.4) is 0 Å². The number of carbonyl (C=O) groups excluding carboxylic acids is 2. The van der Waals surface area contributed by atoms with Crippen LogP contribution in [-0.4, -0.2) is 47.8 Å². The minimum absolute atomic E-state index is 0.0103. The number of likely N-dealkylation sites (N-methyl/N-ethyl adjacent to an activating group) is 1. The standard InChI is InChI=1S/C21H26ClN3O2S/c1-3-24(13-20(26)23-17-12-16(22)9-8-15(17)2)21(27)14-25-10-4-6-18(25)19-7-5-11-28-19/h5,7-9,11-12,18H,3-4,6,10,13-14H2,1-2H3,(H,23,26)/t18-/m1/s1. The maximum Gasteiger partial charge on any atom is 0.244 e. The average Bonchev–Trinajstić information content (AvgIpc) is 3.34. The van der Waals surface area contributed by atoms with Crippen molar-refractivity contribution in [3.63, 3.8) is 0 Å². The summed E-state index contributed by atoms with van der Waals surface area (Å²) < 4.78 is 0. The van der Waals surface area contributed by atoms with Crippen molar-refractivity contribution >= 4 is 40.4 Å². The molecule has 2 heterocycles. The Labute approximate surface area is 175 Å². The van der Waals surface area contributed by atoms with E-state index in [-0.39, 0.29) is 18.4 Å². The Morgan fingerprint density at radius 3 is 2.89 bits per heavy atom. The van der Waals surface area contributed by atoms with Gasteiger partial charge in [0.1, 0.15) is 0 Å². The molecule has 0 saturated carbocycles. The van der Waals surface area contributed by atoms with Gasteiger partial charge in [-0.3, -0.25) is 14.5 Å². The van der Waals surface area contributed by atoms with Crippen LogP contribution in [-0.2, 0) is 9.59 Å². The maximum absolute atomic E-state index is 12.8. The summed E-state index contributed by atoms with van der Waals surface area (Å²) in [5.41, 5.74) is 1.61. The molecule has 1 aliphatic heterocycles. The Kier molecular flexibility index (Phi) is 7.10. The molecule has 7 heteroatoms. The summed E-state index contributed by atoms with van der Waals surface area (Å²) in [5, 5.41) is 5.51. The van der Waals surface area contributed by atoms with Gasteiger partial charge in [0.15, 0.2) is 0 Å². The largest absolute Gasteiger partial charge is 0.333 e. The van der Waals surface area contributed by atoms with Crippen molar-refractivity contribution in [1.82, 2.24) is 9.80 Å². The number of rotatable bonds is 7. The zero-order valence-corrected chi connectivity index (χ0v) is 17.9. The normalized spacial score (nSPS) is 16.9. The van der Waals surface area contributed by atoms with E-state index in [1.807, 2.05) is 19.9 Å². The highest BCUT2D eigenvalue weighted by Crippen LogP contribution is 2.34. The van der Waals surface area contributed by atoms with Gasteiger partial charge in [0, 0.05) is 28.2 Å². The van der Waals surface area contributed by atoms with Crippen LogP contribution in [0.2, 0.25) is 5.02 Å². The molecule has 1 saturated heterocycles. The summed E-state index contributed by atoms with van der Waals surface area (Å²) in [6, 6.07) is 9.87. The predicted molar refractivity (Wildman–Crippen MR) is 115 cm³/mol. The number of nitrogens with one attached hydrogen (secondary N) is 1. The highest BCUT2D eigenvalue weighted by molar-refractivity contribution is 7.10. The topological polar surface area (TPSA) is 52.7 Å². The molecule has 0 unspecified atom stereocenters. The Morgan fingerprint density at radius 1 is 1.36 bits per heavy atom. The van der Waals surface area contributed by atoms with Crippen LogP contribution in [0.15, 0.2) is 35.7 Å². The third-order valence-corrected chi connectivity index (χ3v) is 6.32. The molecule has 0 aliphatic carbocycles. The third-order valence-electron chi connectivity index (χ3n) is 5.12. The number of halogens is 1. The van der Waals surface area contributed by atoms with E-state index in [1.54, 1.807) is 28.4 Å². The van der Waals surface area contributed by atoms with Crippen molar-refractivity contribution < 1.29 is 9.59 Å². The lowest BCUT2D eigenvalue weighted by molar-refractivity contribution is -0.135. The van der Waals surface area contributed by atoms with Gasteiger partial charge < -0.3 is 10.2 Å².